The highest BCUT2D eigenvalue weighted by atomic mass is 32.2. The molecule has 0 aliphatic carbocycles. The Morgan fingerprint density at radius 1 is 1.35 bits per heavy atom. The van der Waals surface area contributed by atoms with Gasteiger partial charge in [0.05, 0.1) is 4.90 Å². The van der Waals surface area contributed by atoms with Crippen molar-refractivity contribution >= 4 is 15.7 Å². The summed E-state index contributed by atoms with van der Waals surface area (Å²) in [5.74, 6) is 0. The number of nitrogens with zero attached hydrogens (tertiary/aromatic N) is 1. The lowest BCUT2D eigenvalue weighted by Gasteiger charge is -2.32. The van der Waals surface area contributed by atoms with E-state index in [9.17, 15) is 8.42 Å². The van der Waals surface area contributed by atoms with Crippen molar-refractivity contribution in [3.05, 3.63) is 23.8 Å². The van der Waals surface area contributed by atoms with Gasteiger partial charge < -0.3 is 10.2 Å². The third kappa shape index (κ3) is 3.71. The number of sulfonamides is 1. The van der Waals surface area contributed by atoms with Crippen molar-refractivity contribution in [1.29, 1.82) is 0 Å². The molecule has 0 amide bonds. The summed E-state index contributed by atoms with van der Waals surface area (Å²) in [6.07, 6.45) is 2.15. The maximum absolute atomic E-state index is 11.4. The predicted octanol–water partition coefficient (Wildman–Crippen LogP) is 1.54. The van der Waals surface area contributed by atoms with E-state index in [1.165, 1.54) is 0 Å². The van der Waals surface area contributed by atoms with Gasteiger partial charge in [-0.1, -0.05) is 13.0 Å². The Balaban J connectivity index is 2.10. The molecule has 1 saturated heterocycles. The van der Waals surface area contributed by atoms with Crippen LogP contribution >= 0.6 is 0 Å². The number of hydrogen-bond acceptors (Lipinski definition) is 4. The molecule has 0 saturated carbocycles. The fourth-order valence-electron chi connectivity index (χ4n) is 2.55. The molecule has 1 fully saturated rings. The summed E-state index contributed by atoms with van der Waals surface area (Å²) in [6, 6.07) is 5.38. The van der Waals surface area contributed by atoms with Gasteiger partial charge in [-0.3, -0.25) is 0 Å². The van der Waals surface area contributed by atoms with Gasteiger partial charge in [0.25, 0.3) is 0 Å². The zero-order valence-electron chi connectivity index (χ0n) is 12.1. The van der Waals surface area contributed by atoms with Crippen molar-refractivity contribution < 1.29 is 8.42 Å². The van der Waals surface area contributed by atoms with Crippen molar-refractivity contribution in [1.82, 2.24) is 4.90 Å². The molecule has 6 heteroatoms. The number of anilines is 1. The van der Waals surface area contributed by atoms with Crippen LogP contribution in [0.1, 0.15) is 25.3 Å². The largest absolute Gasteiger partial charge is 0.382 e. The van der Waals surface area contributed by atoms with E-state index >= 15 is 0 Å². The molecule has 1 heterocycles. The van der Waals surface area contributed by atoms with E-state index in [1.807, 2.05) is 6.92 Å². The minimum atomic E-state index is -3.64. The summed E-state index contributed by atoms with van der Waals surface area (Å²) in [7, 11) is -3.64. The maximum Gasteiger partial charge on any atom is 0.238 e. The quantitative estimate of drug-likeness (QED) is 0.884. The minimum Gasteiger partial charge on any atom is -0.382 e. The van der Waals surface area contributed by atoms with Crippen LogP contribution < -0.4 is 10.5 Å². The standard InChI is InChI=1S/C14H23N3O2S/c1-3-17-8-6-12(7-9-17)16-14-10-13(20(15,18)19)5-4-11(14)2/h4-5,10,12,16H,3,6-9H2,1-2H3,(H2,15,18,19). The smallest absolute Gasteiger partial charge is 0.238 e. The maximum atomic E-state index is 11.4. The Kier molecular flexibility index (Phi) is 4.67. The van der Waals surface area contributed by atoms with Crippen LogP contribution in [0.5, 0.6) is 0 Å². The van der Waals surface area contributed by atoms with Crippen molar-refractivity contribution in [3.63, 3.8) is 0 Å². The topological polar surface area (TPSA) is 75.4 Å². The first-order chi connectivity index (χ1) is 9.40. The zero-order valence-corrected chi connectivity index (χ0v) is 12.9. The van der Waals surface area contributed by atoms with E-state index < -0.39 is 10.0 Å². The molecule has 1 aliphatic rings. The average molecular weight is 297 g/mol. The number of rotatable bonds is 4. The zero-order chi connectivity index (χ0) is 14.8. The second kappa shape index (κ2) is 6.11. The monoisotopic (exact) mass is 297 g/mol. The Morgan fingerprint density at radius 2 is 2.00 bits per heavy atom. The molecular formula is C14H23N3O2S. The molecule has 1 aliphatic heterocycles. The van der Waals surface area contributed by atoms with Crippen LogP contribution in [-0.2, 0) is 10.0 Å². The van der Waals surface area contributed by atoms with Crippen molar-refractivity contribution in [2.45, 2.75) is 37.6 Å². The number of piperidine rings is 1. The van der Waals surface area contributed by atoms with Gasteiger partial charge in [-0.05, 0) is 44.0 Å². The lowest BCUT2D eigenvalue weighted by atomic mass is 10.0. The van der Waals surface area contributed by atoms with Crippen molar-refractivity contribution in [2.75, 3.05) is 25.0 Å². The summed E-state index contributed by atoms with van der Waals surface area (Å²) in [5, 5.41) is 8.64. The highest BCUT2D eigenvalue weighted by Gasteiger charge is 2.19. The second-order valence-corrected chi connectivity index (χ2v) is 6.94. The number of hydrogen-bond donors (Lipinski definition) is 2. The van der Waals surface area contributed by atoms with Gasteiger partial charge in [0.1, 0.15) is 0 Å². The van der Waals surface area contributed by atoms with E-state index in [1.54, 1.807) is 18.2 Å². The third-order valence-electron chi connectivity index (χ3n) is 3.93. The Bertz CT molecular complexity index is 564. The molecule has 0 spiro atoms. The molecule has 3 N–H and O–H groups in total. The van der Waals surface area contributed by atoms with Crippen LogP contribution in [0.25, 0.3) is 0 Å². The summed E-state index contributed by atoms with van der Waals surface area (Å²) in [5.41, 5.74) is 1.90. The number of aryl methyl sites for hydroxylation is 1. The number of primary sulfonamides is 1. The van der Waals surface area contributed by atoms with E-state index in [0.717, 1.165) is 43.7 Å². The normalized spacial score (nSPS) is 18.1. The SMILES string of the molecule is CCN1CCC(Nc2cc(S(N)(=O)=O)ccc2C)CC1. The lowest BCUT2D eigenvalue weighted by molar-refractivity contribution is 0.229. The molecule has 20 heavy (non-hydrogen) atoms. The van der Waals surface area contributed by atoms with Gasteiger partial charge in [0, 0.05) is 24.8 Å². The Morgan fingerprint density at radius 3 is 2.55 bits per heavy atom. The summed E-state index contributed by atoms with van der Waals surface area (Å²) in [4.78, 5) is 2.59. The summed E-state index contributed by atoms with van der Waals surface area (Å²) < 4.78 is 22.8. The van der Waals surface area contributed by atoms with Gasteiger partial charge in [-0.2, -0.15) is 0 Å². The first-order valence-electron chi connectivity index (χ1n) is 7.02. The molecule has 5 nitrogen and oxygen atoms in total. The van der Waals surface area contributed by atoms with Crippen LogP contribution in [0, 0.1) is 6.92 Å². The first-order valence-corrected chi connectivity index (χ1v) is 8.57. The van der Waals surface area contributed by atoms with Crippen LogP contribution in [-0.4, -0.2) is 39.0 Å². The van der Waals surface area contributed by atoms with Crippen LogP contribution in [0.2, 0.25) is 0 Å². The molecule has 2 rings (SSSR count). The Labute approximate surface area is 121 Å². The van der Waals surface area contributed by atoms with E-state index in [2.05, 4.69) is 17.1 Å². The lowest BCUT2D eigenvalue weighted by Crippen LogP contribution is -2.39. The van der Waals surface area contributed by atoms with E-state index in [0.29, 0.717) is 6.04 Å². The molecule has 112 valence electrons. The summed E-state index contributed by atoms with van der Waals surface area (Å²) >= 11 is 0. The van der Waals surface area contributed by atoms with E-state index in [4.69, 9.17) is 5.14 Å². The van der Waals surface area contributed by atoms with Gasteiger partial charge in [-0.15, -0.1) is 0 Å². The number of benzene rings is 1. The molecule has 0 aromatic heterocycles. The highest BCUT2D eigenvalue weighted by molar-refractivity contribution is 7.89. The number of likely N-dealkylation sites (tertiary alicyclic amines) is 1. The first kappa shape index (κ1) is 15.3. The van der Waals surface area contributed by atoms with Crippen LogP contribution in [0.4, 0.5) is 5.69 Å². The molecule has 0 atom stereocenters. The van der Waals surface area contributed by atoms with Crippen LogP contribution in [0.15, 0.2) is 23.1 Å². The second-order valence-electron chi connectivity index (χ2n) is 5.37. The molecule has 1 aromatic rings. The predicted molar refractivity (Wildman–Crippen MR) is 81.3 cm³/mol. The molecule has 0 unspecified atom stereocenters. The highest BCUT2D eigenvalue weighted by Crippen LogP contribution is 2.23. The number of nitrogens with one attached hydrogen (secondary N) is 1. The average Bonchev–Trinajstić information content (AvgIpc) is 2.41. The van der Waals surface area contributed by atoms with Gasteiger partial charge in [0.2, 0.25) is 10.0 Å². The molecule has 1 aromatic carbocycles. The van der Waals surface area contributed by atoms with Gasteiger partial charge >= 0.3 is 0 Å². The van der Waals surface area contributed by atoms with Gasteiger partial charge in [-0.25, -0.2) is 13.6 Å². The fraction of sp³-hybridized carbons (Fsp3) is 0.571. The minimum absolute atomic E-state index is 0.164. The third-order valence-corrected chi connectivity index (χ3v) is 4.84. The van der Waals surface area contributed by atoms with Gasteiger partial charge in [0.15, 0.2) is 0 Å². The molecule has 0 radical (unpaired) electrons. The Hall–Kier alpha value is -1.11. The molecule has 0 bridgehead atoms. The van der Waals surface area contributed by atoms with E-state index in [-0.39, 0.29) is 4.90 Å². The number of nitrogens with two attached hydrogens (primary N) is 1. The van der Waals surface area contributed by atoms with Crippen molar-refractivity contribution in [3.8, 4) is 0 Å². The molecular weight excluding hydrogens is 274 g/mol. The van der Waals surface area contributed by atoms with Crippen LogP contribution in [0.3, 0.4) is 0 Å². The summed E-state index contributed by atoms with van der Waals surface area (Å²) in [6.45, 7) is 7.40. The van der Waals surface area contributed by atoms with Crippen molar-refractivity contribution in [2.24, 2.45) is 5.14 Å². The fourth-order valence-corrected chi connectivity index (χ4v) is 3.09.